The molecule has 2 aromatic carbocycles. The average Bonchev–Trinajstić information content (AvgIpc) is 2.55. The molecular weight excluding hydrogens is 347 g/mol. The second-order valence-electron chi connectivity index (χ2n) is 5.40. The summed E-state index contributed by atoms with van der Waals surface area (Å²) in [6.45, 7) is 2.23. The van der Waals surface area contributed by atoms with Crippen molar-refractivity contribution in [3.8, 4) is 5.75 Å². The number of carbonyl (C=O) groups excluding carboxylic acids is 1. The molecule has 0 saturated heterocycles. The van der Waals surface area contributed by atoms with E-state index in [0.29, 0.717) is 23.7 Å². The van der Waals surface area contributed by atoms with Crippen LogP contribution in [0, 0.1) is 0 Å². The number of amides is 1. The highest BCUT2D eigenvalue weighted by atomic mass is 35.5. The molecule has 0 aliphatic carbocycles. The van der Waals surface area contributed by atoms with Crippen molar-refractivity contribution in [3.63, 3.8) is 0 Å². The van der Waals surface area contributed by atoms with Gasteiger partial charge in [0.05, 0.1) is 17.6 Å². The van der Waals surface area contributed by atoms with Gasteiger partial charge in [0.15, 0.2) is 0 Å². The molecule has 6 heteroatoms. The Morgan fingerprint density at radius 1 is 1.17 bits per heavy atom. The molecule has 0 heterocycles. The first-order chi connectivity index (χ1) is 11.1. The third-order valence-corrected chi connectivity index (χ3v) is 3.68. The monoisotopic (exact) mass is 368 g/mol. The standard InChI is InChI=1S/C18H21ClN2O2.ClH/c1-13(23-17-10-6-5-9-15(17)19)12-21-18(22)16(20)11-14-7-3-2-4-8-14;/h2-10,13,16H,11-12,20H2,1H3,(H,21,22);1H/t13?,16-;/m0./s1. The Bertz CT molecular complexity index is 638. The Kier molecular flexibility index (Phi) is 8.61. The molecule has 0 bridgehead atoms. The highest BCUT2D eigenvalue weighted by molar-refractivity contribution is 6.32. The summed E-state index contributed by atoms with van der Waals surface area (Å²) >= 11 is 6.04. The molecule has 1 amide bonds. The molecule has 0 saturated carbocycles. The molecule has 0 aromatic heterocycles. The third kappa shape index (κ3) is 6.40. The van der Waals surface area contributed by atoms with Crippen molar-refractivity contribution in [3.05, 3.63) is 65.2 Å². The minimum atomic E-state index is -0.579. The maximum atomic E-state index is 12.1. The van der Waals surface area contributed by atoms with Crippen LogP contribution in [0.25, 0.3) is 0 Å². The first kappa shape index (κ1) is 20.3. The van der Waals surface area contributed by atoms with Crippen molar-refractivity contribution in [1.29, 1.82) is 0 Å². The van der Waals surface area contributed by atoms with Gasteiger partial charge in [-0.2, -0.15) is 0 Å². The maximum absolute atomic E-state index is 12.1. The number of rotatable bonds is 7. The molecular formula is C18H22Cl2N2O2. The number of ether oxygens (including phenoxy) is 1. The quantitative estimate of drug-likeness (QED) is 0.788. The Morgan fingerprint density at radius 3 is 2.46 bits per heavy atom. The van der Waals surface area contributed by atoms with Crippen LogP contribution >= 0.6 is 24.0 Å². The maximum Gasteiger partial charge on any atom is 0.237 e. The summed E-state index contributed by atoms with van der Waals surface area (Å²) in [5.41, 5.74) is 6.98. The van der Waals surface area contributed by atoms with Crippen molar-refractivity contribution in [2.75, 3.05) is 6.54 Å². The van der Waals surface area contributed by atoms with Gasteiger partial charge in [-0.1, -0.05) is 54.1 Å². The molecule has 0 aliphatic rings. The Hall–Kier alpha value is -1.75. The first-order valence-corrected chi connectivity index (χ1v) is 7.92. The molecule has 0 fully saturated rings. The lowest BCUT2D eigenvalue weighted by molar-refractivity contribution is -0.122. The number of halogens is 2. The molecule has 3 N–H and O–H groups in total. The average molecular weight is 369 g/mol. The van der Waals surface area contributed by atoms with Gasteiger partial charge in [0, 0.05) is 0 Å². The summed E-state index contributed by atoms with van der Waals surface area (Å²) in [6, 6.07) is 16.4. The van der Waals surface area contributed by atoms with Crippen molar-refractivity contribution in [2.24, 2.45) is 5.73 Å². The zero-order valence-electron chi connectivity index (χ0n) is 13.4. The lowest BCUT2D eigenvalue weighted by Crippen LogP contribution is -2.45. The van der Waals surface area contributed by atoms with Gasteiger partial charge >= 0.3 is 0 Å². The smallest absolute Gasteiger partial charge is 0.237 e. The number of nitrogens with one attached hydrogen (secondary N) is 1. The number of hydrogen-bond donors (Lipinski definition) is 2. The van der Waals surface area contributed by atoms with Gasteiger partial charge in [-0.3, -0.25) is 4.79 Å². The van der Waals surface area contributed by atoms with Crippen LogP contribution < -0.4 is 15.8 Å². The van der Waals surface area contributed by atoms with E-state index in [4.69, 9.17) is 22.1 Å². The highest BCUT2D eigenvalue weighted by Crippen LogP contribution is 2.23. The van der Waals surface area contributed by atoms with Gasteiger partial charge in [-0.25, -0.2) is 0 Å². The summed E-state index contributed by atoms with van der Waals surface area (Å²) in [5, 5.41) is 3.36. The Balaban J connectivity index is 0.00000288. The molecule has 2 atom stereocenters. The molecule has 24 heavy (non-hydrogen) atoms. The summed E-state index contributed by atoms with van der Waals surface area (Å²) < 4.78 is 5.71. The van der Waals surface area contributed by atoms with Crippen LogP contribution in [0.4, 0.5) is 0 Å². The molecule has 4 nitrogen and oxygen atoms in total. The van der Waals surface area contributed by atoms with Crippen molar-refractivity contribution < 1.29 is 9.53 Å². The number of para-hydroxylation sites is 1. The molecule has 0 radical (unpaired) electrons. The fourth-order valence-corrected chi connectivity index (χ4v) is 2.32. The molecule has 2 rings (SSSR count). The van der Waals surface area contributed by atoms with Crippen LogP contribution in [0.15, 0.2) is 54.6 Å². The van der Waals surface area contributed by atoms with E-state index in [1.165, 1.54) is 0 Å². The van der Waals surface area contributed by atoms with Crippen molar-refractivity contribution >= 4 is 29.9 Å². The van der Waals surface area contributed by atoms with Gasteiger partial charge < -0.3 is 15.8 Å². The van der Waals surface area contributed by atoms with Gasteiger partial charge in [-0.15, -0.1) is 12.4 Å². The van der Waals surface area contributed by atoms with E-state index in [9.17, 15) is 4.79 Å². The predicted molar refractivity (Wildman–Crippen MR) is 99.9 cm³/mol. The lowest BCUT2D eigenvalue weighted by atomic mass is 10.1. The molecule has 0 aliphatic heterocycles. The summed E-state index contributed by atoms with van der Waals surface area (Å²) in [7, 11) is 0. The topological polar surface area (TPSA) is 64.4 Å². The fourth-order valence-electron chi connectivity index (χ4n) is 2.13. The van der Waals surface area contributed by atoms with E-state index in [2.05, 4.69) is 5.32 Å². The van der Waals surface area contributed by atoms with Crippen molar-refractivity contribution in [1.82, 2.24) is 5.32 Å². The third-order valence-electron chi connectivity index (χ3n) is 3.36. The molecule has 2 aromatic rings. The largest absolute Gasteiger partial charge is 0.487 e. The predicted octanol–water partition coefficient (Wildman–Crippen LogP) is 3.22. The van der Waals surface area contributed by atoms with E-state index >= 15 is 0 Å². The van der Waals surface area contributed by atoms with E-state index in [1.54, 1.807) is 12.1 Å². The number of benzene rings is 2. The first-order valence-electron chi connectivity index (χ1n) is 7.54. The second-order valence-corrected chi connectivity index (χ2v) is 5.81. The second kappa shape index (κ2) is 10.2. The van der Waals surface area contributed by atoms with Crippen LogP contribution in [0.1, 0.15) is 12.5 Å². The van der Waals surface area contributed by atoms with Crippen LogP contribution in [0.2, 0.25) is 5.02 Å². The van der Waals surface area contributed by atoms with Gasteiger partial charge in [0.2, 0.25) is 5.91 Å². The van der Waals surface area contributed by atoms with E-state index in [-0.39, 0.29) is 24.4 Å². The fraction of sp³-hybridized carbons (Fsp3) is 0.278. The van der Waals surface area contributed by atoms with Crippen LogP contribution in [-0.4, -0.2) is 24.6 Å². The van der Waals surface area contributed by atoms with E-state index < -0.39 is 6.04 Å². The van der Waals surface area contributed by atoms with Crippen LogP contribution in [0.5, 0.6) is 5.75 Å². The SMILES string of the molecule is CC(CNC(=O)[C@@H](N)Cc1ccccc1)Oc1ccccc1Cl.Cl. The Labute approximate surface area is 153 Å². The minimum Gasteiger partial charge on any atom is -0.487 e. The molecule has 1 unspecified atom stereocenters. The van der Waals surface area contributed by atoms with Crippen molar-refractivity contribution in [2.45, 2.75) is 25.5 Å². The zero-order valence-corrected chi connectivity index (χ0v) is 15.0. The highest BCUT2D eigenvalue weighted by Gasteiger charge is 2.15. The van der Waals surface area contributed by atoms with Gasteiger partial charge in [0.1, 0.15) is 11.9 Å². The minimum absolute atomic E-state index is 0. The summed E-state index contributed by atoms with van der Waals surface area (Å²) in [4.78, 5) is 12.1. The van der Waals surface area contributed by atoms with Gasteiger partial charge in [0.25, 0.3) is 0 Å². The van der Waals surface area contributed by atoms with Crippen LogP contribution in [0.3, 0.4) is 0 Å². The summed E-state index contributed by atoms with van der Waals surface area (Å²) in [6.07, 6.45) is 0.301. The number of hydrogen-bond acceptors (Lipinski definition) is 3. The van der Waals surface area contributed by atoms with Gasteiger partial charge in [-0.05, 0) is 31.0 Å². The summed E-state index contributed by atoms with van der Waals surface area (Å²) in [5.74, 6) is 0.410. The zero-order chi connectivity index (χ0) is 16.7. The van der Waals surface area contributed by atoms with Crippen LogP contribution in [-0.2, 0) is 11.2 Å². The van der Waals surface area contributed by atoms with E-state index in [1.807, 2.05) is 49.4 Å². The number of nitrogens with two attached hydrogens (primary N) is 1. The number of carbonyl (C=O) groups is 1. The molecule has 130 valence electrons. The van der Waals surface area contributed by atoms with E-state index in [0.717, 1.165) is 5.56 Å². The normalized spacial score (nSPS) is 12.6. The lowest BCUT2D eigenvalue weighted by Gasteiger charge is -2.18. The Morgan fingerprint density at radius 2 is 1.79 bits per heavy atom. The molecule has 0 spiro atoms.